The molecule has 41 heavy (non-hydrogen) atoms. The Morgan fingerprint density at radius 2 is 1.68 bits per heavy atom. The molecule has 0 amide bonds. The molecular formula is C30H32N6O5. The molecule has 5 aromatic rings. The highest BCUT2D eigenvalue weighted by molar-refractivity contribution is 5.77. The summed E-state index contributed by atoms with van der Waals surface area (Å²) in [5.74, 6) is 2.54. The number of allylic oxidation sites excluding steroid dienone is 1. The van der Waals surface area contributed by atoms with Gasteiger partial charge < -0.3 is 18.6 Å². The molecule has 0 unspecified atom stereocenters. The zero-order chi connectivity index (χ0) is 28.9. The van der Waals surface area contributed by atoms with Crippen LogP contribution < -0.4 is 20.7 Å². The summed E-state index contributed by atoms with van der Waals surface area (Å²) in [4.78, 5) is 35.8. The minimum Gasteiger partial charge on any atom is -0.496 e. The zero-order valence-corrected chi connectivity index (χ0v) is 23.4. The normalized spacial score (nSPS) is 11.2. The van der Waals surface area contributed by atoms with E-state index in [0.29, 0.717) is 71.8 Å². The number of hydrogen-bond donors (Lipinski definition) is 0. The molecule has 0 bridgehead atoms. The molecule has 212 valence electrons. The van der Waals surface area contributed by atoms with Crippen LogP contribution in [0.15, 0.2) is 75.3 Å². The van der Waals surface area contributed by atoms with E-state index >= 15 is 0 Å². The van der Waals surface area contributed by atoms with E-state index in [1.54, 1.807) is 17.8 Å². The highest BCUT2D eigenvalue weighted by atomic mass is 16.5. The van der Waals surface area contributed by atoms with Gasteiger partial charge in [0.1, 0.15) is 17.3 Å². The molecule has 11 nitrogen and oxygen atoms in total. The summed E-state index contributed by atoms with van der Waals surface area (Å²) < 4.78 is 21.4. The van der Waals surface area contributed by atoms with Gasteiger partial charge in [-0.3, -0.25) is 13.9 Å². The van der Waals surface area contributed by atoms with Crippen LogP contribution in [0.4, 0.5) is 0 Å². The van der Waals surface area contributed by atoms with Crippen LogP contribution in [0, 0.1) is 0 Å². The molecule has 0 radical (unpaired) electrons. The molecule has 3 aromatic heterocycles. The van der Waals surface area contributed by atoms with Crippen LogP contribution in [0.25, 0.3) is 34.0 Å². The maximum Gasteiger partial charge on any atom is 0.332 e. The number of rotatable bonds is 12. The second kappa shape index (κ2) is 12.1. The monoisotopic (exact) mass is 556 g/mol. The van der Waals surface area contributed by atoms with E-state index in [4.69, 9.17) is 19.0 Å². The lowest BCUT2D eigenvalue weighted by atomic mass is 10.2. The summed E-state index contributed by atoms with van der Waals surface area (Å²) >= 11 is 0. The summed E-state index contributed by atoms with van der Waals surface area (Å²) in [6.07, 6.45) is 3.11. The van der Waals surface area contributed by atoms with Gasteiger partial charge in [-0.2, -0.15) is 4.98 Å². The number of benzene rings is 2. The van der Waals surface area contributed by atoms with Gasteiger partial charge in [0.05, 0.1) is 12.7 Å². The average Bonchev–Trinajstić information content (AvgIpc) is 3.62. The van der Waals surface area contributed by atoms with Gasteiger partial charge in [-0.05, 0) is 49.2 Å². The van der Waals surface area contributed by atoms with Crippen molar-refractivity contribution in [2.24, 2.45) is 0 Å². The topological polar surface area (TPSA) is 119 Å². The third-order valence-electron chi connectivity index (χ3n) is 6.61. The van der Waals surface area contributed by atoms with Crippen LogP contribution in [0.3, 0.4) is 0 Å². The lowest BCUT2D eigenvalue weighted by Gasteiger charge is -2.11. The predicted molar refractivity (Wildman–Crippen MR) is 155 cm³/mol. The van der Waals surface area contributed by atoms with E-state index in [9.17, 15) is 9.59 Å². The molecule has 5 rings (SSSR count). The quantitative estimate of drug-likeness (QED) is 0.203. The van der Waals surface area contributed by atoms with E-state index < -0.39 is 0 Å². The van der Waals surface area contributed by atoms with Crippen molar-refractivity contribution in [3.05, 3.63) is 87.8 Å². The van der Waals surface area contributed by atoms with Crippen molar-refractivity contribution in [2.45, 2.75) is 52.9 Å². The fourth-order valence-electron chi connectivity index (χ4n) is 4.76. The standard InChI is InChI=1S/C30H32N6O5/c1-5-16-34-25-27(35(17-6-2)30(38)36(18-7-3)29(25)37)32-26(34)20-12-14-21(15-13-20)40-19-24-31-28(41-33-24)22-10-8-9-11-23(22)39-4/h5,8-15H,1,6-7,16-19H2,2-4H3. The number of ether oxygens (including phenoxy) is 2. The van der Waals surface area contributed by atoms with Crippen LogP contribution in [0.5, 0.6) is 11.5 Å². The van der Waals surface area contributed by atoms with Crippen LogP contribution >= 0.6 is 0 Å². The Kier molecular flexibility index (Phi) is 8.14. The Morgan fingerprint density at radius 3 is 2.39 bits per heavy atom. The molecule has 0 spiro atoms. The summed E-state index contributed by atoms with van der Waals surface area (Å²) in [7, 11) is 1.58. The molecule has 11 heteroatoms. The Balaban J connectivity index is 1.44. The first-order chi connectivity index (χ1) is 20.0. The first kappa shape index (κ1) is 27.6. The van der Waals surface area contributed by atoms with Crippen LogP contribution in [0.1, 0.15) is 32.5 Å². The maximum atomic E-state index is 13.4. The van der Waals surface area contributed by atoms with Gasteiger partial charge in [-0.25, -0.2) is 9.78 Å². The van der Waals surface area contributed by atoms with E-state index in [2.05, 4.69) is 16.7 Å². The molecule has 0 fully saturated rings. The highest BCUT2D eigenvalue weighted by Gasteiger charge is 2.22. The van der Waals surface area contributed by atoms with Crippen molar-refractivity contribution in [1.29, 1.82) is 0 Å². The number of fused-ring (bicyclic) bond motifs is 1. The number of aromatic nitrogens is 6. The fourth-order valence-corrected chi connectivity index (χ4v) is 4.76. The maximum absolute atomic E-state index is 13.4. The first-order valence-electron chi connectivity index (χ1n) is 13.5. The van der Waals surface area contributed by atoms with Crippen molar-refractivity contribution in [2.75, 3.05) is 7.11 Å². The van der Waals surface area contributed by atoms with Gasteiger partial charge in [-0.1, -0.05) is 37.2 Å². The molecule has 0 aliphatic heterocycles. The second-order valence-electron chi connectivity index (χ2n) is 9.43. The van der Waals surface area contributed by atoms with E-state index in [-0.39, 0.29) is 17.9 Å². The fraction of sp³-hybridized carbons (Fsp3) is 0.300. The van der Waals surface area contributed by atoms with Crippen molar-refractivity contribution in [3.63, 3.8) is 0 Å². The van der Waals surface area contributed by atoms with Gasteiger partial charge in [0.25, 0.3) is 11.4 Å². The Labute approximate surface area is 236 Å². The molecule has 0 saturated heterocycles. The third kappa shape index (κ3) is 5.30. The lowest BCUT2D eigenvalue weighted by molar-refractivity contribution is 0.287. The molecule has 0 atom stereocenters. The number of para-hydroxylation sites is 1. The van der Waals surface area contributed by atoms with Gasteiger partial charge in [0, 0.05) is 25.2 Å². The van der Waals surface area contributed by atoms with E-state index in [0.717, 1.165) is 12.0 Å². The number of methoxy groups -OCH3 is 1. The van der Waals surface area contributed by atoms with E-state index in [1.165, 1.54) is 4.57 Å². The number of hydrogen-bond acceptors (Lipinski definition) is 8. The second-order valence-corrected chi connectivity index (χ2v) is 9.43. The van der Waals surface area contributed by atoms with Crippen LogP contribution in [0.2, 0.25) is 0 Å². The predicted octanol–water partition coefficient (Wildman–Crippen LogP) is 4.67. The van der Waals surface area contributed by atoms with Gasteiger partial charge >= 0.3 is 5.69 Å². The molecule has 0 aliphatic carbocycles. The first-order valence-corrected chi connectivity index (χ1v) is 13.5. The Morgan fingerprint density at radius 1 is 0.951 bits per heavy atom. The van der Waals surface area contributed by atoms with Gasteiger partial charge in [-0.15, -0.1) is 6.58 Å². The minimum atomic E-state index is -0.340. The molecule has 2 aromatic carbocycles. The molecule has 0 N–H and O–H groups in total. The lowest BCUT2D eigenvalue weighted by Crippen LogP contribution is -2.40. The average molecular weight is 557 g/mol. The molecule has 3 heterocycles. The summed E-state index contributed by atoms with van der Waals surface area (Å²) in [6, 6.07) is 14.7. The number of nitrogens with zero attached hydrogens (tertiary/aromatic N) is 6. The number of imidazole rings is 1. The van der Waals surface area contributed by atoms with Gasteiger partial charge in [0.15, 0.2) is 17.8 Å². The van der Waals surface area contributed by atoms with Crippen molar-refractivity contribution in [1.82, 2.24) is 28.8 Å². The highest BCUT2D eigenvalue weighted by Crippen LogP contribution is 2.29. The van der Waals surface area contributed by atoms with Crippen molar-refractivity contribution >= 4 is 11.2 Å². The van der Waals surface area contributed by atoms with Crippen LogP contribution in [-0.2, 0) is 26.2 Å². The summed E-state index contributed by atoms with van der Waals surface area (Å²) in [5.41, 5.74) is 1.57. The largest absolute Gasteiger partial charge is 0.496 e. The molecule has 0 saturated carbocycles. The van der Waals surface area contributed by atoms with Gasteiger partial charge in [0.2, 0.25) is 5.82 Å². The van der Waals surface area contributed by atoms with Crippen molar-refractivity contribution in [3.8, 4) is 34.3 Å². The van der Waals surface area contributed by atoms with Crippen molar-refractivity contribution < 1.29 is 14.0 Å². The third-order valence-corrected chi connectivity index (χ3v) is 6.61. The summed E-state index contributed by atoms with van der Waals surface area (Å²) in [6.45, 7) is 9.07. The zero-order valence-electron chi connectivity index (χ0n) is 23.4. The summed E-state index contributed by atoms with van der Waals surface area (Å²) in [5, 5.41) is 4.01. The SMILES string of the molecule is C=CCn1c(-c2ccc(OCc3noc(-c4ccccc4OC)n3)cc2)nc2c1c(=O)n(CCC)c(=O)n2CCC. The smallest absolute Gasteiger partial charge is 0.332 e. The van der Waals surface area contributed by atoms with E-state index in [1.807, 2.05) is 66.9 Å². The molecule has 0 aliphatic rings. The number of aryl methyl sites for hydroxylation is 1. The van der Waals surface area contributed by atoms with Crippen LogP contribution in [-0.4, -0.2) is 35.9 Å². The Bertz CT molecular complexity index is 1800. The Hall–Kier alpha value is -4.93. The molecular weight excluding hydrogens is 524 g/mol. The minimum absolute atomic E-state index is 0.104.